The summed E-state index contributed by atoms with van der Waals surface area (Å²) in [5.74, 6) is 0.881. The normalized spacial score (nSPS) is 17.9. The molecule has 1 aliphatic heterocycles. The van der Waals surface area contributed by atoms with Crippen LogP contribution in [0.15, 0.2) is 22.7 Å². The third-order valence-electron chi connectivity index (χ3n) is 3.13. The zero-order chi connectivity index (χ0) is 14.1. The lowest BCUT2D eigenvalue weighted by molar-refractivity contribution is -0.120. The SMILES string of the molecule is CC(C)(N)Cc1ccc(OCC2(C)COC2)c(Br)c1. The highest BCUT2D eigenvalue weighted by atomic mass is 79.9. The molecule has 2 N–H and O–H groups in total. The van der Waals surface area contributed by atoms with Crippen LogP contribution in [-0.4, -0.2) is 25.4 Å². The second-order valence-electron chi connectivity index (χ2n) is 6.52. The van der Waals surface area contributed by atoms with Gasteiger partial charge in [-0.2, -0.15) is 0 Å². The van der Waals surface area contributed by atoms with E-state index in [0.29, 0.717) is 6.61 Å². The molecule has 106 valence electrons. The van der Waals surface area contributed by atoms with E-state index in [1.807, 2.05) is 19.9 Å². The Labute approximate surface area is 123 Å². The summed E-state index contributed by atoms with van der Waals surface area (Å²) in [6, 6.07) is 6.17. The summed E-state index contributed by atoms with van der Waals surface area (Å²) in [7, 11) is 0. The molecule has 1 aliphatic rings. The summed E-state index contributed by atoms with van der Waals surface area (Å²) in [5, 5.41) is 0. The second-order valence-corrected chi connectivity index (χ2v) is 7.38. The molecule has 0 radical (unpaired) electrons. The summed E-state index contributed by atoms with van der Waals surface area (Å²) >= 11 is 3.57. The minimum Gasteiger partial charge on any atom is -0.492 e. The first-order chi connectivity index (χ1) is 8.77. The van der Waals surface area contributed by atoms with Crippen LogP contribution >= 0.6 is 15.9 Å². The molecular formula is C15H22BrNO2. The molecule has 1 fully saturated rings. The first-order valence-corrected chi connectivity index (χ1v) is 7.35. The summed E-state index contributed by atoms with van der Waals surface area (Å²) in [6.45, 7) is 8.49. The van der Waals surface area contributed by atoms with E-state index in [2.05, 4.69) is 35.0 Å². The Morgan fingerprint density at radius 2 is 2.11 bits per heavy atom. The maximum atomic E-state index is 6.04. The van der Waals surface area contributed by atoms with Crippen LogP contribution in [0.2, 0.25) is 0 Å². The molecule has 0 aromatic heterocycles. The summed E-state index contributed by atoms with van der Waals surface area (Å²) < 4.78 is 12.1. The minimum absolute atomic E-state index is 0.164. The van der Waals surface area contributed by atoms with Crippen LogP contribution in [-0.2, 0) is 11.2 Å². The van der Waals surface area contributed by atoms with Crippen molar-refractivity contribution < 1.29 is 9.47 Å². The van der Waals surface area contributed by atoms with Crippen molar-refractivity contribution in [2.45, 2.75) is 32.7 Å². The monoisotopic (exact) mass is 327 g/mol. The highest BCUT2D eigenvalue weighted by Crippen LogP contribution is 2.31. The topological polar surface area (TPSA) is 44.5 Å². The molecular weight excluding hydrogens is 306 g/mol. The number of benzene rings is 1. The predicted octanol–water partition coefficient (Wildman–Crippen LogP) is 3.14. The molecule has 0 bridgehead atoms. The highest BCUT2D eigenvalue weighted by molar-refractivity contribution is 9.10. The van der Waals surface area contributed by atoms with Crippen LogP contribution in [0.1, 0.15) is 26.3 Å². The molecule has 0 spiro atoms. The summed E-state index contributed by atoms with van der Waals surface area (Å²) in [6.07, 6.45) is 0.845. The van der Waals surface area contributed by atoms with Crippen molar-refractivity contribution in [1.82, 2.24) is 0 Å². The van der Waals surface area contributed by atoms with Gasteiger partial charge in [0.15, 0.2) is 0 Å². The van der Waals surface area contributed by atoms with Gasteiger partial charge in [0.2, 0.25) is 0 Å². The predicted molar refractivity (Wildman–Crippen MR) is 80.5 cm³/mol. The number of hydrogen-bond acceptors (Lipinski definition) is 3. The first kappa shape index (κ1) is 14.8. The molecule has 1 aromatic carbocycles. The van der Waals surface area contributed by atoms with Crippen LogP contribution in [0, 0.1) is 5.41 Å². The molecule has 3 nitrogen and oxygen atoms in total. The first-order valence-electron chi connectivity index (χ1n) is 6.55. The minimum atomic E-state index is -0.196. The van der Waals surface area contributed by atoms with E-state index in [4.69, 9.17) is 15.2 Å². The maximum absolute atomic E-state index is 6.04. The van der Waals surface area contributed by atoms with Crippen molar-refractivity contribution >= 4 is 15.9 Å². The Morgan fingerprint density at radius 3 is 2.58 bits per heavy atom. The fraction of sp³-hybridized carbons (Fsp3) is 0.600. The zero-order valence-corrected chi connectivity index (χ0v) is 13.4. The Hall–Kier alpha value is -0.580. The zero-order valence-electron chi connectivity index (χ0n) is 11.8. The molecule has 1 heterocycles. The van der Waals surface area contributed by atoms with Crippen LogP contribution in [0.5, 0.6) is 5.75 Å². The number of rotatable bonds is 5. The molecule has 1 saturated heterocycles. The average molecular weight is 328 g/mol. The fourth-order valence-electron chi connectivity index (χ4n) is 2.08. The molecule has 1 aromatic rings. The lowest BCUT2D eigenvalue weighted by Gasteiger charge is -2.37. The second kappa shape index (κ2) is 5.43. The molecule has 4 heteroatoms. The van der Waals surface area contributed by atoms with Crippen LogP contribution in [0.25, 0.3) is 0 Å². The van der Waals surface area contributed by atoms with Crippen LogP contribution in [0.4, 0.5) is 0 Å². The molecule has 0 atom stereocenters. The number of halogens is 1. The van der Waals surface area contributed by atoms with Gasteiger partial charge in [0.05, 0.1) is 24.3 Å². The van der Waals surface area contributed by atoms with E-state index < -0.39 is 0 Å². The molecule has 0 amide bonds. The van der Waals surface area contributed by atoms with Crippen molar-refractivity contribution in [3.63, 3.8) is 0 Å². The number of ether oxygens (including phenoxy) is 2. The number of nitrogens with two attached hydrogens (primary N) is 1. The maximum Gasteiger partial charge on any atom is 0.133 e. The van der Waals surface area contributed by atoms with Gasteiger partial charge in [0, 0.05) is 11.0 Å². The van der Waals surface area contributed by atoms with Gasteiger partial charge in [-0.3, -0.25) is 0 Å². The Bertz CT molecular complexity index is 450. The Kier molecular flexibility index (Phi) is 4.23. The quantitative estimate of drug-likeness (QED) is 0.903. The van der Waals surface area contributed by atoms with Gasteiger partial charge in [-0.25, -0.2) is 0 Å². The van der Waals surface area contributed by atoms with Crippen LogP contribution < -0.4 is 10.5 Å². The highest BCUT2D eigenvalue weighted by Gasteiger charge is 2.34. The van der Waals surface area contributed by atoms with Gasteiger partial charge < -0.3 is 15.2 Å². The van der Waals surface area contributed by atoms with E-state index in [1.54, 1.807) is 0 Å². The van der Waals surface area contributed by atoms with Crippen molar-refractivity contribution in [2.75, 3.05) is 19.8 Å². The van der Waals surface area contributed by atoms with Crippen molar-refractivity contribution in [2.24, 2.45) is 11.1 Å². The van der Waals surface area contributed by atoms with E-state index in [9.17, 15) is 0 Å². The van der Waals surface area contributed by atoms with Gasteiger partial charge in [-0.1, -0.05) is 13.0 Å². The lowest BCUT2D eigenvalue weighted by Crippen LogP contribution is -2.44. The van der Waals surface area contributed by atoms with Gasteiger partial charge in [0.1, 0.15) is 5.75 Å². The molecule has 19 heavy (non-hydrogen) atoms. The van der Waals surface area contributed by atoms with Gasteiger partial charge in [-0.05, 0) is 53.9 Å². The van der Waals surface area contributed by atoms with E-state index in [-0.39, 0.29) is 11.0 Å². The van der Waals surface area contributed by atoms with Gasteiger partial charge >= 0.3 is 0 Å². The van der Waals surface area contributed by atoms with Crippen LogP contribution in [0.3, 0.4) is 0 Å². The average Bonchev–Trinajstić information content (AvgIpc) is 2.23. The smallest absolute Gasteiger partial charge is 0.133 e. The van der Waals surface area contributed by atoms with Gasteiger partial charge in [-0.15, -0.1) is 0 Å². The summed E-state index contributed by atoms with van der Waals surface area (Å²) in [4.78, 5) is 0. The van der Waals surface area contributed by atoms with E-state index in [0.717, 1.165) is 29.9 Å². The van der Waals surface area contributed by atoms with Gasteiger partial charge in [0.25, 0.3) is 0 Å². The third-order valence-corrected chi connectivity index (χ3v) is 3.75. The van der Waals surface area contributed by atoms with Crippen molar-refractivity contribution in [3.05, 3.63) is 28.2 Å². The fourth-order valence-corrected chi connectivity index (χ4v) is 2.62. The lowest BCUT2D eigenvalue weighted by atomic mass is 9.90. The molecule has 0 aliphatic carbocycles. The molecule has 2 rings (SSSR count). The largest absolute Gasteiger partial charge is 0.492 e. The number of hydrogen-bond donors (Lipinski definition) is 1. The molecule has 0 unspecified atom stereocenters. The van der Waals surface area contributed by atoms with Crippen molar-refractivity contribution in [1.29, 1.82) is 0 Å². The summed E-state index contributed by atoms with van der Waals surface area (Å²) in [5.41, 5.74) is 7.22. The Balaban J connectivity index is 1.98. The van der Waals surface area contributed by atoms with E-state index >= 15 is 0 Å². The Morgan fingerprint density at radius 1 is 1.42 bits per heavy atom. The molecule has 0 saturated carbocycles. The van der Waals surface area contributed by atoms with E-state index in [1.165, 1.54) is 5.56 Å². The third kappa shape index (κ3) is 4.20. The van der Waals surface area contributed by atoms with Crippen molar-refractivity contribution in [3.8, 4) is 5.75 Å². The standard InChI is InChI=1S/C15H22BrNO2/c1-14(2,17)7-11-4-5-13(12(16)6-11)19-10-15(3)8-18-9-15/h4-6H,7-10,17H2,1-3H3.